The Morgan fingerprint density at radius 2 is 1.72 bits per heavy atom. The van der Waals surface area contributed by atoms with Crippen LogP contribution in [0.4, 0.5) is 0 Å². The van der Waals surface area contributed by atoms with E-state index in [9.17, 15) is 0 Å². The number of hydrogen-bond donors (Lipinski definition) is 0. The molecule has 0 unspecified atom stereocenters. The first-order chi connectivity index (χ1) is 12.4. The third kappa shape index (κ3) is 4.12. The lowest BCUT2D eigenvalue weighted by Crippen LogP contribution is -2.05. The largest absolute Gasteiger partial charge is 0.238 e. The molecule has 4 rings (SSSR count). The van der Waals surface area contributed by atoms with Crippen LogP contribution in [0.2, 0.25) is 0 Å². The number of hydrogen-bond acceptors (Lipinski definition) is 6. The Morgan fingerprint density at radius 1 is 0.960 bits per heavy atom. The van der Waals surface area contributed by atoms with Crippen LogP contribution in [0.25, 0.3) is 11.3 Å². The molecule has 124 valence electrons. The fourth-order valence-electron chi connectivity index (χ4n) is 2.36. The van der Waals surface area contributed by atoms with Crippen molar-refractivity contribution >= 4 is 23.1 Å². The molecule has 0 fully saturated rings. The van der Waals surface area contributed by atoms with Gasteiger partial charge < -0.3 is 0 Å². The second-order valence-electron chi connectivity index (χ2n) is 5.37. The van der Waals surface area contributed by atoms with Crippen molar-refractivity contribution in [3.63, 3.8) is 0 Å². The van der Waals surface area contributed by atoms with E-state index in [0.717, 1.165) is 22.0 Å². The van der Waals surface area contributed by atoms with Gasteiger partial charge in [0.05, 0.1) is 12.2 Å². The van der Waals surface area contributed by atoms with Crippen molar-refractivity contribution in [2.24, 2.45) is 0 Å². The van der Waals surface area contributed by atoms with Crippen LogP contribution in [0.1, 0.15) is 5.56 Å². The fraction of sp³-hybridized carbons (Fsp3) is 0.111. The van der Waals surface area contributed by atoms with Crippen molar-refractivity contribution in [2.75, 3.05) is 0 Å². The molecule has 0 aliphatic carbocycles. The summed E-state index contributed by atoms with van der Waals surface area (Å²) in [4.78, 5) is 6.28. The fourth-order valence-corrected chi connectivity index (χ4v) is 3.99. The van der Waals surface area contributed by atoms with Gasteiger partial charge in [-0.3, -0.25) is 0 Å². The molecule has 4 aromatic rings. The minimum Gasteiger partial charge on any atom is -0.229 e. The van der Waals surface area contributed by atoms with Crippen LogP contribution < -0.4 is 0 Å². The third-order valence-corrected chi connectivity index (χ3v) is 5.39. The van der Waals surface area contributed by atoms with Gasteiger partial charge in [-0.2, -0.15) is 4.80 Å². The summed E-state index contributed by atoms with van der Waals surface area (Å²) >= 11 is 3.04. The van der Waals surface area contributed by atoms with Gasteiger partial charge in [0.25, 0.3) is 0 Å². The highest BCUT2D eigenvalue weighted by atomic mass is 32.2. The van der Waals surface area contributed by atoms with Crippen molar-refractivity contribution < 1.29 is 0 Å². The Bertz CT molecular complexity index is 934. The SMILES string of the molecule is c1ccc(CCn2nnc(Sc3nc(-c4ccccc4)cs3)n2)cc1. The molecule has 25 heavy (non-hydrogen) atoms. The third-order valence-electron chi connectivity index (χ3n) is 3.61. The smallest absolute Gasteiger partial charge is 0.229 e. The second kappa shape index (κ2) is 7.58. The summed E-state index contributed by atoms with van der Waals surface area (Å²) in [5, 5.41) is 15.3. The number of aryl methyl sites for hydroxylation is 2. The van der Waals surface area contributed by atoms with Crippen molar-refractivity contribution in [2.45, 2.75) is 22.5 Å². The summed E-state index contributed by atoms with van der Waals surface area (Å²) in [6.07, 6.45) is 0.886. The maximum Gasteiger partial charge on any atom is 0.238 e. The number of nitrogens with zero attached hydrogens (tertiary/aromatic N) is 5. The quantitative estimate of drug-likeness (QED) is 0.513. The second-order valence-corrected chi connectivity index (χ2v) is 7.44. The number of thiazole rings is 1. The molecule has 0 aliphatic heterocycles. The molecule has 0 radical (unpaired) electrons. The average molecular weight is 365 g/mol. The highest BCUT2D eigenvalue weighted by molar-refractivity contribution is 8.00. The van der Waals surface area contributed by atoms with E-state index in [1.54, 1.807) is 16.1 Å². The highest BCUT2D eigenvalue weighted by Gasteiger charge is 2.10. The van der Waals surface area contributed by atoms with E-state index in [0.29, 0.717) is 11.7 Å². The first-order valence-electron chi connectivity index (χ1n) is 7.87. The predicted molar refractivity (Wildman–Crippen MR) is 99.6 cm³/mol. The van der Waals surface area contributed by atoms with Crippen LogP contribution >= 0.6 is 23.1 Å². The molecule has 0 spiro atoms. The lowest BCUT2D eigenvalue weighted by Gasteiger charge is -1.99. The van der Waals surface area contributed by atoms with Gasteiger partial charge in [-0.25, -0.2) is 4.98 Å². The summed E-state index contributed by atoms with van der Waals surface area (Å²) < 4.78 is 0.918. The van der Waals surface area contributed by atoms with E-state index in [-0.39, 0.29) is 0 Å². The Labute approximate surface area is 153 Å². The van der Waals surface area contributed by atoms with Crippen molar-refractivity contribution in [1.29, 1.82) is 0 Å². The number of rotatable bonds is 6. The lowest BCUT2D eigenvalue weighted by atomic mass is 10.2. The molecule has 0 saturated heterocycles. The van der Waals surface area contributed by atoms with Gasteiger partial charge in [0, 0.05) is 10.9 Å². The van der Waals surface area contributed by atoms with Gasteiger partial charge in [0.1, 0.15) is 0 Å². The highest BCUT2D eigenvalue weighted by Crippen LogP contribution is 2.31. The summed E-state index contributed by atoms with van der Waals surface area (Å²) in [7, 11) is 0. The van der Waals surface area contributed by atoms with Gasteiger partial charge in [0.2, 0.25) is 5.16 Å². The van der Waals surface area contributed by atoms with Gasteiger partial charge in [-0.15, -0.1) is 21.5 Å². The van der Waals surface area contributed by atoms with Crippen LogP contribution in [0.3, 0.4) is 0 Å². The summed E-state index contributed by atoms with van der Waals surface area (Å²) in [5.41, 5.74) is 3.36. The number of benzene rings is 2. The minimum absolute atomic E-state index is 0.627. The first kappa shape index (κ1) is 16.0. The zero-order chi connectivity index (χ0) is 16.9. The van der Waals surface area contributed by atoms with Gasteiger partial charge in [-0.05, 0) is 29.0 Å². The first-order valence-corrected chi connectivity index (χ1v) is 9.57. The molecular formula is C18H15N5S2. The van der Waals surface area contributed by atoms with Crippen LogP contribution in [-0.4, -0.2) is 25.2 Å². The van der Waals surface area contributed by atoms with Crippen LogP contribution in [-0.2, 0) is 13.0 Å². The maximum absolute atomic E-state index is 4.64. The average Bonchev–Trinajstić information content (AvgIpc) is 3.32. The number of tetrazole rings is 1. The van der Waals surface area contributed by atoms with E-state index >= 15 is 0 Å². The molecule has 7 heteroatoms. The molecular weight excluding hydrogens is 350 g/mol. The van der Waals surface area contributed by atoms with Gasteiger partial charge in [-0.1, -0.05) is 60.7 Å². The molecule has 0 saturated carbocycles. The molecule has 2 aromatic carbocycles. The monoisotopic (exact) mass is 365 g/mol. The lowest BCUT2D eigenvalue weighted by molar-refractivity contribution is 0.519. The van der Waals surface area contributed by atoms with Crippen LogP contribution in [0.15, 0.2) is 75.5 Å². The van der Waals surface area contributed by atoms with E-state index in [1.807, 2.05) is 36.4 Å². The zero-order valence-corrected chi connectivity index (χ0v) is 15.0. The summed E-state index contributed by atoms with van der Waals surface area (Å²) in [6.45, 7) is 0.713. The zero-order valence-electron chi connectivity index (χ0n) is 13.3. The topological polar surface area (TPSA) is 56.5 Å². The normalized spacial score (nSPS) is 10.9. The maximum atomic E-state index is 4.64. The molecule has 0 aliphatic rings. The Kier molecular flexibility index (Phi) is 4.85. The van der Waals surface area contributed by atoms with Crippen LogP contribution in [0, 0.1) is 0 Å². The minimum atomic E-state index is 0.627. The van der Waals surface area contributed by atoms with E-state index < -0.39 is 0 Å². The predicted octanol–water partition coefficient (Wildman–Crippen LogP) is 4.19. The van der Waals surface area contributed by atoms with Gasteiger partial charge in [0.15, 0.2) is 4.34 Å². The Balaban J connectivity index is 1.39. The van der Waals surface area contributed by atoms with Gasteiger partial charge >= 0.3 is 0 Å². The summed E-state index contributed by atoms with van der Waals surface area (Å²) in [5.74, 6) is 0. The van der Waals surface area contributed by atoms with Crippen molar-refractivity contribution in [3.05, 3.63) is 71.6 Å². The Morgan fingerprint density at radius 3 is 2.52 bits per heavy atom. The molecule has 0 atom stereocenters. The van der Waals surface area contributed by atoms with E-state index in [2.05, 4.69) is 50.0 Å². The number of aromatic nitrogens is 5. The van der Waals surface area contributed by atoms with E-state index in [4.69, 9.17) is 0 Å². The molecule has 0 N–H and O–H groups in total. The van der Waals surface area contributed by atoms with Crippen molar-refractivity contribution in [1.82, 2.24) is 25.2 Å². The molecule has 2 aromatic heterocycles. The molecule has 5 nitrogen and oxygen atoms in total. The van der Waals surface area contributed by atoms with Crippen molar-refractivity contribution in [3.8, 4) is 11.3 Å². The molecule has 2 heterocycles. The van der Waals surface area contributed by atoms with Crippen LogP contribution in [0.5, 0.6) is 0 Å². The molecule has 0 amide bonds. The molecule has 0 bridgehead atoms. The van der Waals surface area contributed by atoms with E-state index in [1.165, 1.54) is 17.3 Å². The summed E-state index contributed by atoms with van der Waals surface area (Å²) in [6, 6.07) is 20.5. The standard InChI is InChI=1S/C18H15N5S2/c1-3-7-14(8-4-1)11-12-23-21-17(20-22-23)25-18-19-16(13-24-18)15-9-5-2-6-10-15/h1-10,13H,11-12H2. The Hall–Kier alpha value is -2.51.